The summed E-state index contributed by atoms with van der Waals surface area (Å²) in [5.41, 5.74) is 1.05. The van der Waals surface area contributed by atoms with Crippen LogP contribution >= 0.6 is 11.8 Å². The summed E-state index contributed by atoms with van der Waals surface area (Å²) < 4.78 is 7.44. The van der Waals surface area contributed by atoms with Gasteiger partial charge in [0.2, 0.25) is 5.91 Å². The molecule has 134 valence electrons. The average Bonchev–Trinajstić information content (AvgIpc) is 3.08. The molecular formula is C18H24N4O2S. The third-order valence-electron chi connectivity index (χ3n) is 4.17. The molecular weight excluding hydrogens is 336 g/mol. The zero-order valence-electron chi connectivity index (χ0n) is 14.6. The number of unbranched alkanes of at least 4 members (excludes halogenated alkanes) is 1. The van der Waals surface area contributed by atoms with Gasteiger partial charge in [0.15, 0.2) is 11.0 Å². The monoisotopic (exact) mass is 360 g/mol. The molecule has 0 aliphatic carbocycles. The van der Waals surface area contributed by atoms with Crippen LogP contribution < -0.4 is 0 Å². The highest BCUT2D eigenvalue weighted by Crippen LogP contribution is 2.24. The van der Waals surface area contributed by atoms with Crippen LogP contribution in [0.25, 0.3) is 11.4 Å². The predicted molar refractivity (Wildman–Crippen MR) is 98.5 cm³/mol. The van der Waals surface area contributed by atoms with E-state index in [2.05, 4.69) is 21.7 Å². The summed E-state index contributed by atoms with van der Waals surface area (Å²) in [4.78, 5) is 14.2. The van der Waals surface area contributed by atoms with Crippen molar-refractivity contribution < 1.29 is 9.53 Å². The number of morpholine rings is 1. The minimum atomic E-state index is 0.139. The van der Waals surface area contributed by atoms with Crippen molar-refractivity contribution in [2.75, 3.05) is 32.1 Å². The number of thioether (sulfide) groups is 1. The van der Waals surface area contributed by atoms with Crippen LogP contribution in [0.5, 0.6) is 0 Å². The number of ether oxygens (including phenoxy) is 1. The molecule has 1 aliphatic heterocycles. The van der Waals surface area contributed by atoms with Crippen LogP contribution in [0.3, 0.4) is 0 Å². The third-order valence-corrected chi connectivity index (χ3v) is 5.12. The number of aromatic nitrogens is 3. The molecule has 6 nitrogen and oxygen atoms in total. The van der Waals surface area contributed by atoms with E-state index in [1.165, 1.54) is 11.8 Å². The van der Waals surface area contributed by atoms with Crippen molar-refractivity contribution >= 4 is 17.7 Å². The molecule has 1 saturated heterocycles. The summed E-state index contributed by atoms with van der Waals surface area (Å²) in [5.74, 6) is 1.40. The lowest BCUT2D eigenvalue weighted by Gasteiger charge is -2.26. The molecule has 3 rings (SSSR count). The number of rotatable bonds is 7. The van der Waals surface area contributed by atoms with Gasteiger partial charge in [0.1, 0.15) is 0 Å². The van der Waals surface area contributed by atoms with Gasteiger partial charge >= 0.3 is 0 Å². The highest BCUT2D eigenvalue weighted by atomic mass is 32.2. The van der Waals surface area contributed by atoms with E-state index in [-0.39, 0.29) is 5.91 Å². The lowest BCUT2D eigenvalue weighted by molar-refractivity contribution is -0.132. The van der Waals surface area contributed by atoms with E-state index in [4.69, 9.17) is 4.74 Å². The molecule has 1 aliphatic rings. The zero-order chi connectivity index (χ0) is 17.5. The van der Waals surface area contributed by atoms with Gasteiger partial charge in [-0.2, -0.15) is 0 Å². The van der Waals surface area contributed by atoms with Crippen LogP contribution in [0.4, 0.5) is 0 Å². The second-order valence-corrected chi connectivity index (χ2v) is 6.90. The summed E-state index contributed by atoms with van der Waals surface area (Å²) in [5, 5.41) is 9.53. The highest BCUT2D eigenvalue weighted by molar-refractivity contribution is 7.99. The van der Waals surface area contributed by atoms with Crippen molar-refractivity contribution in [3.05, 3.63) is 30.3 Å². The highest BCUT2D eigenvalue weighted by Gasteiger charge is 2.19. The quantitative estimate of drug-likeness (QED) is 0.711. The molecule has 0 spiro atoms. The summed E-state index contributed by atoms with van der Waals surface area (Å²) in [6.45, 7) is 5.64. The second kappa shape index (κ2) is 9.01. The normalized spacial score (nSPS) is 14.7. The maximum absolute atomic E-state index is 12.4. The maximum atomic E-state index is 12.4. The number of benzene rings is 1. The van der Waals surface area contributed by atoms with E-state index in [1.54, 1.807) is 0 Å². The van der Waals surface area contributed by atoms with Crippen LogP contribution in [0.1, 0.15) is 19.8 Å². The number of carbonyl (C=O) groups is 1. The Balaban J connectivity index is 1.71. The van der Waals surface area contributed by atoms with Crippen molar-refractivity contribution in [3.8, 4) is 11.4 Å². The first-order valence-electron chi connectivity index (χ1n) is 8.76. The van der Waals surface area contributed by atoms with Crippen LogP contribution in [0, 0.1) is 0 Å². The van der Waals surface area contributed by atoms with Gasteiger partial charge in [0.05, 0.1) is 19.0 Å². The Hall–Kier alpha value is -1.86. The molecule has 0 atom stereocenters. The Morgan fingerprint density at radius 3 is 2.68 bits per heavy atom. The first-order chi connectivity index (χ1) is 12.3. The molecule has 25 heavy (non-hydrogen) atoms. The smallest absolute Gasteiger partial charge is 0.233 e. The first-order valence-corrected chi connectivity index (χ1v) is 9.75. The maximum Gasteiger partial charge on any atom is 0.233 e. The Bertz CT molecular complexity index is 684. The fraction of sp³-hybridized carbons (Fsp3) is 0.500. The van der Waals surface area contributed by atoms with Crippen molar-refractivity contribution in [1.29, 1.82) is 0 Å². The summed E-state index contributed by atoms with van der Waals surface area (Å²) in [7, 11) is 0. The number of hydrogen-bond donors (Lipinski definition) is 0. The summed E-state index contributed by atoms with van der Waals surface area (Å²) in [6, 6.07) is 10.1. The lowest BCUT2D eigenvalue weighted by atomic mass is 10.2. The summed E-state index contributed by atoms with van der Waals surface area (Å²) >= 11 is 1.47. The largest absolute Gasteiger partial charge is 0.378 e. The topological polar surface area (TPSA) is 60.2 Å². The second-order valence-electron chi connectivity index (χ2n) is 5.96. The van der Waals surface area contributed by atoms with Crippen LogP contribution in [0.15, 0.2) is 35.5 Å². The van der Waals surface area contributed by atoms with Gasteiger partial charge in [-0.05, 0) is 6.42 Å². The van der Waals surface area contributed by atoms with Gasteiger partial charge in [-0.3, -0.25) is 4.79 Å². The van der Waals surface area contributed by atoms with Gasteiger partial charge in [-0.15, -0.1) is 10.2 Å². The van der Waals surface area contributed by atoms with Gasteiger partial charge in [-0.25, -0.2) is 0 Å². The average molecular weight is 360 g/mol. The van der Waals surface area contributed by atoms with Gasteiger partial charge < -0.3 is 14.2 Å². The standard InChI is InChI=1S/C18H24N4O2S/c1-2-3-9-22-17(15-7-5-4-6-8-15)19-20-18(22)25-14-16(23)21-10-12-24-13-11-21/h4-8H,2-3,9-14H2,1H3. The lowest BCUT2D eigenvalue weighted by Crippen LogP contribution is -2.41. The fourth-order valence-electron chi connectivity index (χ4n) is 2.74. The molecule has 7 heteroatoms. The molecule has 2 heterocycles. The van der Waals surface area contributed by atoms with E-state index in [9.17, 15) is 4.79 Å². The van der Waals surface area contributed by atoms with E-state index < -0.39 is 0 Å². The molecule has 1 fully saturated rings. The molecule has 2 aromatic rings. The van der Waals surface area contributed by atoms with Gasteiger partial charge in [0.25, 0.3) is 0 Å². The molecule has 0 bridgehead atoms. The van der Waals surface area contributed by atoms with Crippen molar-refractivity contribution in [2.24, 2.45) is 0 Å². The van der Waals surface area contributed by atoms with E-state index in [1.807, 2.05) is 35.2 Å². The third kappa shape index (κ3) is 4.61. The fourth-order valence-corrected chi connectivity index (χ4v) is 3.61. The zero-order valence-corrected chi connectivity index (χ0v) is 15.4. The van der Waals surface area contributed by atoms with E-state index >= 15 is 0 Å². The molecule has 1 aromatic heterocycles. The van der Waals surface area contributed by atoms with Crippen molar-refractivity contribution in [3.63, 3.8) is 0 Å². The van der Waals surface area contributed by atoms with Crippen LogP contribution in [-0.2, 0) is 16.1 Å². The minimum Gasteiger partial charge on any atom is -0.378 e. The van der Waals surface area contributed by atoms with Crippen molar-refractivity contribution in [2.45, 2.75) is 31.5 Å². The Kier molecular flexibility index (Phi) is 6.47. The van der Waals surface area contributed by atoms with E-state index in [0.717, 1.165) is 35.9 Å². The van der Waals surface area contributed by atoms with Gasteiger partial charge in [-0.1, -0.05) is 55.4 Å². The molecule has 0 radical (unpaired) electrons. The van der Waals surface area contributed by atoms with Crippen LogP contribution in [-0.4, -0.2) is 57.6 Å². The molecule has 0 saturated carbocycles. The number of nitrogens with zero attached hydrogens (tertiary/aromatic N) is 4. The van der Waals surface area contributed by atoms with Crippen LogP contribution in [0.2, 0.25) is 0 Å². The molecule has 1 aromatic carbocycles. The van der Waals surface area contributed by atoms with Crippen molar-refractivity contribution in [1.82, 2.24) is 19.7 Å². The Labute approximate surface area is 152 Å². The first kappa shape index (κ1) is 17.9. The molecule has 0 unspecified atom stereocenters. The van der Waals surface area contributed by atoms with E-state index in [0.29, 0.717) is 32.1 Å². The molecule has 1 amide bonds. The number of amides is 1. The number of hydrogen-bond acceptors (Lipinski definition) is 5. The Morgan fingerprint density at radius 1 is 1.20 bits per heavy atom. The Morgan fingerprint density at radius 2 is 1.96 bits per heavy atom. The molecule has 0 N–H and O–H groups in total. The SMILES string of the molecule is CCCCn1c(SCC(=O)N2CCOCC2)nnc1-c1ccccc1. The summed E-state index contributed by atoms with van der Waals surface area (Å²) in [6.07, 6.45) is 2.16. The van der Waals surface area contributed by atoms with Gasteiger partial charge in [0, 0.05) is 25.2 Å². The minimum absolute atomic E-state index is 0.139. The number of carbonyl (C=O) groups excluding carboxylic acids is 1. The predicted octanol–water partition coefficient (Wildman–Crippen LogP) is 2.70.